The molecular weight excluding hydrogens is 454 g/mol. The first kappa shape index (κ1) is 22.7. The lowest BCUT2D eigenvalue weighted by Gasteiger charge is -2.12. The molecule has 3 N–H and O–H groups in total. The molecule has 0 saturated heterocycles. The van der Waals surface area contributed by atoms with Crippen LogP contribution in [0.15, 0.2) is 85.3 Å². The standard InChI is InChI=1S/C27H23N7O2/c1-34(2)27(36)31-21-12-19(14-28-15-21)18-8-10-24-22(13-18)25(33-32-24)26(35)30-20-9-11-23(29-16-20)17-6-4-3-5-7-17/h3-16H,1-2H3,(H,30,35)(H,31,36)(H,32,33). The van der Waals surface area contributed by atoms with Crippen LogP contribution in [0.1, 0.15) is 10.5 Å². The average Bonchev–Trinajstić information content (AvgIpc) is 3.33. The third kappa shape index (κ3) is 4.76. The second kappa shape index (κ2) is 9.67. The van der Waals surface area contributed by atoms with Gasteiger partial charge in [-0.25, -0.2) is 4.79 Å². The number of nitrogens with one attached hydrogen (secondary N) is 3. The molecule has 0 unspecified atom stereocenters. The molecule has 0 radical (unpaired) electrons. The molecule has 3 heterocycles. The van der Waals surface area contributed by atoms with Gasteiger partial charge in [-0.05, 0) is 35.9 Å². The zero-order valence-corrected chi connectivity index (χ0v) is 19.7. The van der Waals surface area contributed by atoms with E-state index in [4.69, 9.17) is 0 Å². The number of fused-ring (bicyclic) bond motifs is 1. The predicted octanol–water partition coefficient (Wildman–Crippen LogP) is 5.03. The number of aromatic amines is 1. The van der Waals surface area contributed by atoms with Crippen LogP contribution >= 0.6 is 0 Å². The summed E-state index contributed by atoms with van der Waals surface area (Å²) in [6, 6.07) is 20.7. The highest BCUT2D eigenvalue weighted by atomic mass is 16.2. The molecule has 0 spiro atoms. The zero-order valence-electron chi connectivity index (χ0n) is 19.7. The maximum Gasteiger partial charge on any atom is 0.321 e. The number of anilines is 2. The number of rotatable bonds is 5. The van der Waals surface area contributed by atoms with Gasteiger partial charge >= 0.3 is 6.03 Å². The molecule has 0 atom stereocenters. The fraction of sp³-hybridized carbons (Fsp3) is 0.0741. The van der Waals surface area contributed by atoms with Crippen molar-refractivity contribution in [1.82, 2.24) is 25.1 Å². The fourth-order valence-electron chi connectivity index (χ4n) is 3.71. The van der Waals surface area contributed by atoms with Crippen LogP contribution in [0.4, 0.5) is 16.2 Å². The Labute approximate surface area is 207 Å². The summed E-state index contributed by atoms with van der Waals surface area (Å²) in [4.78, 5) is 35.2. The van der Waals surface area contributed by atoms with Gasteiger partial charge in [0.05, 0.1) is 35.0 Å². The van der Waals surface area contributed by atoms with Crippen molar-refractivity contribution in [3.05, 3.63) is 91.0 Å². The molecular formula is C27H23N7O2. The molecule has 5 rings (SSSR count). The molecule has 36 heavy (non-hydrogen) atoms. The minimum Gasteiger partial charge on any atom is -0.331 e. The van der Waals surface area contributed by atoms with Crippen LogP contribution in [-0.2, 0) is 0 Å². The van der Waals surface area contributed by atoms with Gasteiger partial charge in [0.2, 0.25) is 0 Å². The van der Waals surface area contributed by atoms with Crippen LogP contribution in [0, 0.1) is 0 Å². The number of carbonyl (C=O) groups is 2. The zero-order chi connectivity index (χ0) is 25.1. The van der Waals surface area contributed by atoms with E-state index in [1.807, 2.05) is 66.7 Å². The summed E-state index contributed by atoms with van der Waals surface area (Å²) in [5.41, 5.74) is 5.59. The number of hydrogen-bond donors (Lipinski definition) is 3. The lowest BCUT2D eigenvalue weighted by Crippen LogP contribution is -2.27. The summed E-state index contributed by atoms with van der Waals surface area (Å²) in [5.74, 6) is -0.349. The Hall–Kier alpha value is -5.05. The van der Waals surface area contributed by atoms with Crippen molar-refractivity contribution >= 4 is 34.2 Å². The molecule has 0 saturated carbocycles. The quantitative estimate of drug-likeness (QED) is 0.328. The molecule has 178 valence electrons. The van der Waals surface area contributed by atoms with E-state index in [-0.39, 0.29) is 17.6 Å². The highest BCUT2D eigenvalue weighted by Crippen LogP contribution is 2.27. The van der Waals surface area contributed by atoms with E-state index in [1.165, 1.54) is 4.90 Å². The maximum absolute atomic E-state index is 13.0. The molecule has 3 aromatic heterocycles. The van der Waals surface area contributed by atoms with E-state index in [1.54, 1.807) is 32.7 Å². The van der Waals surface area contributed by atoms with Crippen molar-refractivity contribution in [2.75, 3.05) is 24.7 Å². The number of benzene rings is 2. The monoisotopic (exact) mass is 477 g/mol. The number of urea groups is 1. The summed E-state index contributed by atoms with van der Waals surface area (Å²) in [7, 11) is 3.33. The lowest BCUT2D eigenvalue weighted by molar-refractivity contribution is 0.102. The van der Waals surface area contributed by atoms with Gasteiger partial charge in [0.1, 0.15) is 0 Å². The molecule has 0 bridgehead atoms. The molecule has 3 amide bonds. The first-order valence-electron chi connectivity index (χ1n) is 11.2. The van der Waals surface area contributed by atoms with E-state index in [9.17, 15) is 9.59 Å². The molecule has 9 heteroatoms. The van der Waals surface area contributed by atoms with Crippen LogP contribution in [0.5, 0.6) is 0 Å². The fourth-order valence-corrected chi connectivity index (χ4v) is 3.71. The number of aromatic nitrogens is 4. The maximum atomic E-state index is 13.0. The van der Waals surface area contributed by atoms with Gasteiger partial charge < -0.3 is 15.5 Å². The van der Waals surface area contributed by atoms with Crippen molar-refractivity contribution in [2.24, 2.45) is 0 Å². The van der Waals surface area contributed by atoms with E-state index < -0.39 is 0 Å². The average molecular weight is 478 g/mol. The van der Waals surface area contributed by atoms with E-state index in [0.29, 0.717) is 16.8 Å². The summed E-state index contributed by atoms with van der Waals surface area (Å²) in [5, 5.41) is 13.5. The smallest absolute Gasteiger partial charge is 0.321 e. The van der Waals surface area contributed by atoms with Crippen molar-refractivity contribution in [2.45, 2.75) is 0 Å². The van der Waals surface area contributed by atoms with Crippen LogP contribution in [0.2, 0.25) is 0 Å². The van der Waals surface area contributed by atoms with Gasteiger partial charge in [-0.1, -0.05) is 36.4 Å². The Bertz CT molecular complexity index is 1540. The van der Waals surface area contributed by atoms with E-state index in [2.05, 4.69) is 30.8 Å². The van der Waals surface area contributed by atoms with Crippen molar-refractivity contribution in [3.8, 4) is 22.4 Å². The Morgan fingerprint density at radius 2 is 1.64 bits per heavy atom. The second-order valence-corrected chi connectivity index (χ2v) is 8.37. The minimum atomic E-state index is -0.349. The van der Waals surface area contributed by atoms with Crippen molar-refractivity contribution in [3.63, 3.8) is 0 Å². The molecule has 2 aromatic carbocycles. The van der Waals surface area contributed by atoms with Gasteiger partial charge in [-0.15, -0.1) is 0 Å². The van der Waals surface area contributed by atoms with Gasteiger partial charge in [0, 0.05) is 36.8 Å². The third-order valence-corrected chi connectivity index (χ3v) is 5.60. The molecule has 0 aliphatic carbocycles. The van der Waals surface area contributed by atoms with Crippen LogP contribution in [-0.4, -0.2) is 51.1 Å². The van der Waals surface area contributed by atoms with E-state index in [0.717, 1.165) is 27.9 Å². The summed E-state index contributed by atoms with van der Waals surface area (Å²) >= 11 is 0. The van der Waals surface area contributed by atoms with E-state index >= 15 is 0 Å². The highest BCUT2D eigenvalue weighted by molar-refractivity contribution is 6.11. The molecule has 0 aliphatic rings. The first-order valence-corrected chi connectivity index (χ1v) is 11.2. The molecule has 9 nitrogen and oxygen atoms in total. The molecule has 5 aromatic rings. The number of pyridine rings is 2. The third-order valence-electron chi connectivity index (χ3n) is 5.60. The molecule has 0 aliphatic heterocycles. The Balaban J connectivity index is 1.38. The normalized spacial score (nSPS) is 10.7. The minimum absolute atomic E-state index is 0.246. The van der Waals surface area contributed by atoms with Crippen LogP contribution < -0.4 is 10.6 Å². The summed E-state index contributed by atoms with van der Waals surface area (Å²) in [6.07, 6.45) is 4.91. The Kier molecular flexibility index (Phi) is 6.10. The molecule has 0 fully saturated rings. The number of hydrogen-bond acceptors (Lipinski definition) is 5. The summed E-state index contributed by atoms with van der Waals surface area (Å²) in [6.45, 7) is 0. The Morgan fingerprint density at radius 3 is 2.39 bits per heavy atom. The van der Waals surface area contributed by atoms with Crippen LogP contribution in [0.25, 0.3) is 33.3 Å². The number of H-pyrrole nitrogens is 1. The Morgan fingerprint density at radius 1 is 0.806 bits per heavy atom. The summed E-state index contributed by atoms with van der Waals surface area (Å²) < 4.78 is 0. The van der Waals surface area contributed by atoms with Crippen molar-refractivity contribution < 1.29 is 9.59 Å². The topological polar surface area (TPSA) is 116 Å². The predicted molar refractivity (Wildman–Crippen MR) is 140 cm³/mol. The lowest BCUT2D eigenvalue weighted by atomic mass is 10.0. The second-order valence-electron chi connectivity index (χ2n) is 8.37. The van der Waals surface area contributed by atoms with Gasteiger partial charge in [0.25, 0.3) is 5.91 Å². The number of carbonyl (C=O) groups excluding carboxylic acids is 2. The highest BCUT2D eigenvalue weighted by Gasteiger charge is 2.16. The van der Waals surface area contributed by atoms with Gasteiger partial charge in [-0.3, -0.25) is 19.9 Å². The van der Waals surface area contributed by atoms with Crippen molar-refractivity contribution in [1.29, 1.82) is 0 Å². The number of amides is 3. The first-order chi connectivity index (χ1) is 17.5. The van der Waals surface area contributed by atoms with Gasteiger partial charge in [-0.2, -0.15) is 5.10 Å². The largest absolute Gasteiger partial charge is 0.331 e. The van der Waals surface area contributed by atoms with Gasteiger partial charge in [0.15, 0.2) is 5.69 Å². The van der Waals surface area contributed by atoms with Crippen LogP contribution in [0.3, 0.4) is 0 Å². The number of nitrogens with zero attached hydrogens (tertiary/aromatic N) is 4. The SMILES string of the molecule is CN(C)C(=O)Nc1cncc(-c2ccc3[nH]nc(C(=O)Nc4ccc(-c5ccccc5)nc4)c3c2)c1.